The van der Waals surface area contributed by atoms with E-state index in [0.717, 1.165) is 27.7 Å². The average molecular weight is 554 g/mol. The van der Waals surface area contributed by atoms with Crippen molar-refractivity contribution >= 4 is 17.0 Å². The maximum absolute atomic E-state index is 13.5. The second-order valence-electron chi connectivity index (χ2n) is 9.02. The predicted octanol–water partition coefficient (Wildman–Crippen LogP) is 5.77. The second kappa shape index (κ2) is 11.8. The van der Waals surface area contributed by atoms with E-state index in [1.165, 1.54) is 11.3 Å². The van der Waals surface area contributed by atoms with Gasteiger partial charge in [-0.05, 0) is 31.5 Å². The number of aromatic nitrogens is 3. The molecule has 0 saturated carbocycles. The fraction of sp³-hybridized carbons (Fsp3) is 0.480. The smallest absolute Gasteiger partial charge is 0.282 e. The van der Waals surface area contributed by atoms with Gasteiger partial charge in [0.2, 0.25) is 0 Å². The van der Waals surface area contributed by atoms with Crippen molar-refractivity contribution in [1.29, 1.82) is 0 Å². The van der Waals surface area contributed by atoms with E-state index < -0.39 is 30.4 Å². The van der Waals surface area contributed by atoms with Crippen molar-refractivity contribution in [2.24, 2.45) is 5.16 Å². The minimum atomic E-state index is -2.92. The van der Waals surface area contributed by atoms with Crippen LogP contribution in [-0.2, 0) is 9.57 Å². The van der Waals surface area contributed by atoms with Gasteiger partial charge in [0, 0.05) is 30.4 Å². The Morgan fingerprint density at radius 2 is 2.03 bits per heavy atom. The Labute approximate surface area is 220 Å². The van der Waals surface area contributed by atoms with Crippen LogP contribution >= 0.6 is 11.3 Å². The molecule has 2 aliphatic heterocycles. The van der Waals surface area contributed by atoms with E-state index in [1.807, 2.05) is 29.6 Å². The first-order valence-electron chi connectivity index (χ1n) is 12.2. The van der Waals surface area contributed by atoms with Crippen molar-refractivity contribution in [3.63, 3.8) is 0 Å². The lowest BCUT2D eigenvalue weighted by molar-refractivity contribution is 0.0813. The van der Waals surface area contributed by atoms with Crippen molar-refractivity contribution in [2.75, 3.05) is 26.9 Å². The number of ether oxygens (including phenoxy) is 2. The molecular formula is C25H27F4N5O3S. The highest BCUT2D eigenvalue weighted by molar-refractivity contribution is 7.10. The molecule has 1 aromatic carbocycles. The van der Waals surface area contributed by atoms with Gasteiger partial charge in [-0.2, -0.15) is 5.10 Å². The summed E-state index contributed by atoms with van der Waals surface area (Å²) in [6, 6.07) is 8.40. The number of alkyl halides is 4. The van der Waals surface area contributed by atoms with E-state index in [4.69, 9.17) is 19.3 Å². The fourth-order valence-corrected chi connectivity index (χ4v) is 5.65. The largest absolute Gasteiger partial charge is 0.491 e. The molecule has 0 amide bonds. The van der Waals surface area contributed by atoms with E-state index in [9.17, 15) is 17.6 Å². The summed E-state index contributed by atoms with van der Waals surface area (Å²) in [5.41, 5.74) is 1.13. The lowest BCUT2D eigenvalue weighted by Crippen LogP contribution is -2.36. The van der Waals surface area contributed by atoms with Crippen LogP contribution in [0.3, 0.4) is 0 Å². The normalized spacial score (nSPS) is 21.7. The Morgan fingerprint density at radius 3 is 2.82 bits per heavy atom. The molecule has 1 fully saturated rings. The molecule has 0 bridgehead atoms. The van der Waals surface area contributed by atoms with Crippen molar-refractivity contribution in [2.45, 2.75) is 50.3 Å². The number of methoxy groups -OCH3 is 1. The molecule has 0 aliphatic carbocycles. The number of nitrogens with zero attached hydrogens (tertiary/aromatic N) is 4. The van der Waals surface area contributed by atoms with Gasteiger partial charge in [-0.1, -0.05) is 23.4 Å². The third-order valence-corrected chi connectivity index (χ3v) is 7.56. The van der Waals surface area contributed by atoms with Crippen LogP contribution in [0.25, 0.3) is 0 Å². The summed E-state index contributed by atoms with van der Waals surface area (Å²) in [6.07, 6.45) is -5.13. The molecule has 0 spiro atoms. The Bertz CT molecular complexity index is 1270. The second-order valence-corrected chi connectivity index (χ2v) is 9.91. The van der Waals surface area contributed by atoms with E-state index in [1.54, 1.807) is 7.11 Å². The molecule has 1 saturated heterocycles. The lowest BCUT2D eigenvalue weighted by Gasteiger charge is -2.30. The molecule has 13 heteroatoms. The highest BCUT2D eigenvalue weighted by atomic mass is 32.1. The quantitative estimate of drug-likeness (QED) is 0.254. The molecule has 1 N–H and O–H groups in total. The number of piperidine rings is 1. The monoisotopic (exact) mass is 553 g/mol. The van der Waals surface area contributed by atoms with Crippen LogP contribution in [0, 0.1) is 0 Å². The van der Waals surface area contributed by atoms with Gasteiger partial charge in [-0.25, -0.2) is 27.2 Å². The highest BCUT2D eigenvalue weighted by Crippen LogP contribution is 2.38. The zero-order valence-electron chi connectivity index (χ0n) is 20.5. The summed E-state index contributed by atoms with van der Waals surface area (Å²) in [7, 11) is 1.61. The zero-order chi connectivity index (χ0) is 26.6. The molecule has 0 radical (unpaired) electrons. The number of oxime groups is 1. The average Bonchev–Trinajstić information content (AvgIpc) is 3.69. The van der Waals surface area contributed by atoms with Gasteiger partial charge in [0.05, 0.1) is 17.3 Å². The minimum absolute atomic E-state index is 0.0432. The summed E-state index contributed by atoms with van der Waals surface area (Å²) in [5, 5.41) is 13.9. The minimum Gasteiger partial charge on any atom is -0.491 e. The van der Waals surface area contributed by atoms with Crippen LogP contribution in [0.2, 0.25) is 0 Å². The van der Waals surface area contributed by atoms with Crippen molar-refractivity contribution < 1.29 is 31.9 Å². The predicted molar refractivity (Wildman–Crippen MR) is 132 cm³/mol. The van der Waals surface area contributed by atoms with Gasteiger partial charge >= 0.3 is 0 Å². The number of benzene rings is 1. The Hall–Kier alpha value is -3.03. The maximum Gasteiger partial charge on any atom is 0.282 e. The molecule has 3 atom stereocenters. The van der Waals surface area contributed by atoms with Crippen LogP contribution in [-0.4, -0.2) is 47.3 Å². The molecule has 2 aromatic heterocycles. The third-order valence-electron chi connectivity index (χ3n) is 6.55. The number of nitrogens with one attached hydrogen (secondary N) is 1. The Morgan fingerprint density at radius 1 is 1.18 bits per heavy atom. The first kappa shape index (κ1) is 26.6. The van der Waals surface area contributed by atoms with E-state index in [0.29, 0.717) is 49.8 Å². The van der Waals surface area contributed by atoms with E-state index >= 15 is 0 Å². The standard InChI is InChI=1S/C25H27F4N5O3S/c1-35-8-9-36-20-5-3-2-4-15(20)21-12-16(33-37-21)18-13-38-25(31-18)14-6-7-30-22(10-14)34-19(24(28)29)11-17(32-34)23(26)27/h2-5,11,13-14,21-24,30H,6-10,12H2,1H3. The summed E-state index contributed by atoms with van der Waals surface area (Å²) >= 11 is 1.46. The SMILES string of the molecule is COCCOc1ccccc1C1CC(c2csc(C3CCNC(n4nc(C(F)F)cc4C(F)F)C3)n2)=NO1. The molecule has 3 aromatic rings. The van der Waals surface area contributed by atoms with Gasteiger partial charge in [-0.3, -0.25) is 5.32 Å². The third kappa shape index (κ3) is 5.69. The summed E-state index contributed by atoms with van der Waals surface area (Å²) < 4.78 is 65.2. The summed E-state index contributed by atoms with van der Waals surface area (Å²) in [4.78, 5) is 10.5. The molecule has 8 nitrogen and oxygen atoms in total. The summed E-state index contributed by atoms with van der Waals surface area (Å²) in [5.74, 6) is 0.667. The van der Waals surface area contributed by atoms with Crippen LogP contribution in [0.5, 0.6) is 5.75 Å². The number of halogens is 4. The molecule has 5 rings (SSSR count). The fourth-order valence-electron chi connectivity index (χ4n) is 4.67. The van der Waals surface area contributed by atoms with E-state index in [2.05, 4.69) is 15.6 Å². The Kier molecular flexibility index (Phi) is 8.24. The molecule has 204 valence electrons. The highest BCUT2D eigenvalue weighted by Gasteiger charge is 2.32. The van der Waals surface area contributed by atoms with Gasteiger partial charge in [-0.15, -0.1) is 11.3 Å². The number of hydrogen-bond donors (Lipinski definition) is 1. The van der Waals surface area contributed by atoms with Crippen molar-refractivity contribution in [1.82, 2.24) is 20.1 Å². The molecule has 2 aliphatic rings. The topological polar surface area (TPSA) is 82.8 Å². The summed E-state index contributed by atoms with van der Waals surface area (Å²) in [6.45, 7) is 1.40. The first-order chi connectivity index (χ1) is 18.4. The van der Waals surface area contributed by atoms with Crippen molar-refractivity contribution in [3.8, 4) is 5.75 Å². The van der Waals surface area contributed by atoms with Crippen LogP contribution in [0.1, 0.15) is 78.0 Å². The molecule has 3 unspecified atom stereocenters. The van der Waals surface area contributed by atoms with Crippen LogP contribution < -0.4 is 10.1 Å². The lowest BCUT2D eigenvalue weighted by atomic mass is 9.96. The number of hydrogen-bond acceptors (Lipinski definition) is 8. The van der Waals surface area contributed by atoms with Crippen molar-refractivity contribution in [3.05, 3.63) is 63.4 Å². The van der Waals surface area contributed by atoms with Gasteiger partial charge in [0.15, 0.2) is 6.10 Å². The van der Waals surface area contributed by atoms with Gasteiger partial charge < -0.3 is 14.3 Å². The zero-order valence-corrected chi connectivity index (χ0v) is 21.3. The molecule has 38 heavy (non-hydrogen) atoms. The Balaban J connectivity index is 1.26. The number of para-hydroxylation sites is 1. The first-order valence-corrected chi connectivity index (χ1v) is 13.1. The van der Waals surface area contributed by atoms with Gasteiger partial charge in [0.1, 0.15) is 35.6 Å². The van der Waals surface area contributed by atoms with Crippen LogP contribution in [0.4, 0.5) is 17.6 Å². The number of thiazole rings is 1. The number of rotatable bonds is 10. The molecular weight excluding hydrogens is 526 g/mol. The van der Waals surface area contributed by atoms with Crippen LogP contribution in [0.15, 0.2) is 40.9 Å². The molecule has 4 heterocycles. The van der Waals surface area contributed by atoms with Gasteiger partial charge in [0.25, 0.3) is 12.9 Å². The maximum atomic E-state index is 13.5. The van der Waals surface area contributed by atoms with E-state index in [-0.39, 0.29) is 12.0 Å².